The Bertz CT molecular complexity index is 350. The smallest absolute Gasteiger partial charge is 0.245 e. The van der Waals surface area contributed by atoms with Crippen LogP contribution >= 0.6 is 35.5 Å². The molecule has 0 spiro atoms. The molecule has 1 rings (SSSR count). The predicted octanol–water partition coefficient (Wildman–Crippen LogP) is 1.75. The molecule has 1 heterocycles. The van der Waals surface area contributed by atoms with Crippen LogP contribution in [0.25, 0.3) is 0 Å². The van der Waals surface area contributed by atoms with E-state index in [0.717, 1.165) is 10.1 Å². The summed E-state index contributed by atoms with van der Waals surface area (Å²) in [6.07, 6.45) is 0. The highest BCUT2D eigenvalue weighted by atomic mass is 35.5. The molecule has 0 bridgehead atoms. The van der Waals surface area contributed by atoms with Gasteiger partial charge in [0, 0.05) is 0 Å². The summed E-state index contributed by atoms with van der Waals surface area (Å²) in [4.78, 5) is 11.5. The van der Waals surface area contributed by atoms with Crippen molar-refractivity contribution in [1.29, 1.82) is 0 Å². The average Bonchev–Trinajstić information content (AvgIpc) is 2.51. The third-order valence-electron chi connectivity index (χ3n) is 1.48. The van der Waals surface area contributed by atoms with E-state index < -0.39 is 5.54 Å². The number of halogens is 1. The molecule has 5 nitrogen and oxygen atoms in total. The molecular formula is C8H15ClN4OS2. The summed E-state index contributed by atoms with van der Waals surface area (Å²) in [5.41, 5.74) is 4.73. The van der Waals surface area contributed by atoms with Crippen LogP contribution in [0.1, 0.15) is 20.8 Å². The van der Waals surface area contributed by atoms with Gasteiger partial charge in [-0.25, -0.2) is 0 Å². The second kappa shape index (κ2) is 6.39. The van der Waals surface area contributed by atoms with Crippen molar-refractivity contribution >= 4 is 46.5 Å². The van der Waals surface area contributed by atoms with Crippen LogP contribution in [0.5, 0.6) is 0 Å². The maximum atomic E-state index is 11.5. The van der Waals surface area contributed by atoms with Gasteiger partial charge in [-0.3, -0.25) is 10.1 Å². The number of nitrogens with two attached hydrogens (primary N) is 1. The summed E-state index contributed by atoms with van der Waals surface area (Å²) in [7, 11) is 0. The lowest BCUT2D eigenvalue weighted by atomic mass is 10.1. The number of aromatic nitrogens is 2. The van der Waals surface area contributed by atoms with E-state index in [-0.39, 0.29) is 18.3 Å². The zero-order valence-corrected chi connectivity index (χ0v) is 11.8. The monoisotopic (exact) mass is 282 g/mol. The fourth-order valence-electron chi connectivity index (χ4n) is 0.700. The minimum Gasteiger partial charge on any atom is -0.318 e. The van der Waals surface area contributed by atoms with Crippen LogP contribution in [0.15, 0.2) is 4.34 Å². The van der Waals surface area contributed by atoms with E-state index in [9.17, 15) is 4.79 Å². The highest BCUT2D eigenvalue weighted by Crippen LogP contribution is 2.25. The zero-order chi connectivity index (χ0) is 11.5. The van der Waals surface area contributed by atoms with Gasteiger partial charge in [0.05, 0.1) is 5.54 Å². The molecule has 0 unspecified atom stereocenters. The normalized spacial score (nSPS) is 10.8. The van der Waals surface area contributed by atoms with Crippen LogP contribution in [0.3, 0.4) is 0 Å². The number of carbonyl (C=O) groups excluding carboxylic acids is 1. The molecule has 0 aromatic carbocycles. The standard InChI is InChI=1S/C8H14N4OS2.ClH/c1-4-14-7-12-11-6(15-7)10-5(13)8(2,3)9;/h4,9H2,1-3H3,(H,10,11,13);1H. The Morgan fingerprint density at radius 1 is 1.56 bits per heavy atom. The van der Waals surface area contributed by atoms with Crippen molar-refractivity contribution in [2.75, 3.05) is 11.1 Å². The second-order valence-electron chi connectivity index (χ2n) is 3.48. The Hall–Kier alpha value is -0.370. The van der Waals surface area contributed by atoms with Crippen molar-refractivity contribution < 1.29 is 4.79 Å². The zero-order valence-electron chi connectivity index (χ0n) is 9.31. The highest BCUT2D eigenvalue weighted by molar-refractivity contribution is 8.01. The molecule has 16 heavy (non-hydrogen) atoms. The van der Waals surface area contributed by atoms with Crippen LogP contribution in [-0.2, 0) is 4.79 Å². The first-order chi connectivity index (χ1) is 6.93. The quantitative estimate of drug-likeness (QED) is 0.649. The number of hydrogen-bond donors (Lipinski definition) is 2. The Kier molecular flexibility index (Phi) is 6.24. The summed E-state index contributed by atoms with van der Waals surface area (Å²) < 4.78 is 0.850. The predicted molar refractivity (Wildman–Crippen MR) is 70.5 cm³/mol. The SMILES string of the molecule is CCSc1nnc(NC(=O)C(C)(C)N)s1.Cl. The first kappa shape index (κ1) is 15.6. The van der Waals surface area contributed by atoms with E-state index in [1.54, 1.807) is 25.6 Å². The number of rotatable bonds is 4. The lowest BCUT2D eigenvalue weighted by Gasteiger charge is -2.15. The summed E-state index contributed by atoms with van der Waals surface area (Å²) in [5, 5.41) is 10.9. The molecule has 1 aromatic rings. The molecule has 0 fully saturated rings. The van der Waals surface area contributed by atoms with Crippen LogP contribution in [-0.4, -0.2) is 27.4 Å². The van der Waals surface area contributed by atoms with Gasteiger partial charge in [0.15, 0.2) is 4.34 Å². The average molecular weight is 283 g/mol. The van der Waals surface area contributed by atoms with Gasteiger partial charge in [0.1, 0.15) is 0 Å². The Morgan fingerprint density at radius 2 is 2.19 bits per heavy atom. The van der Waals surface area contributed by atoms with E-state index in [0.29, 0.717) is 5.13 Å². The first-order valence-electron chi connectivity index (χ1n) is 4.50. The molecule has 0 saturated carbocycles. The van der Waals surface area contributed by atoms with Crippen LogP contribution in [0.2, 0.25) is 0 Å². The van der Waals surface area contributed by atoms with E-state index in [1.165, 1.54) is 11.3 Å². The van der Waals surface area contributed by atoms with Crippen LogP contribution in [0.4, 0.5) is 5.13 Å². The molecule has 8 heteroatoms. The molecule has 92 valence electrons. The highest BCUT2D eigenvalue weighted by Gasteiger charge is 2.23. The molecule has 1 aromatic heterocycles. The fraction of sp³-hybridized carbons (Fsp3) is 0.625. The third-order valence-corrected chi connectivity index (χ3v) is 3.33. The molecule has 0 saturated heterocycles. The Morgan fingerprint density at radius 3 is 2.69 bits per heavy atom. The number of nitrogens with zero attached hydrogens (tertiary/aromatic N) is 2. The summed E-state index contributed by atoms with van der Waals surface area (Å²) in [6, 6.07) is 0. The van der Waals surface area contributed by atoms with Crippen molar-refractivity contribution in [3.8, 4) is 0 Å². The minimum atomic E-state index is -0.899. The van der Waals surface area contributed by atoms with Crippen LogP contribution in [0, 0.1) is 0 Å². The van der Waals surface area contributed by atoms with Gasteiger partial charge in [-0.1, -0.05) is 30.0 Å². The van der Waals surface area contributed by atoms with Gasteiger partial charge in [-0.05, 0) is 19.6 Å². The topological polar surface area (TPSA) is 80.9 Å². The molecule has 3 N–H and O–H groups in total. The lowest BCUT2D eigenvalue weighted by Crippen LogP contribution is -2.45. The fourth-order valence-corrected chi connectivity index (χ4v) is 2.34. The van der Waals surface area contributed by atoms with Crippen LogP contribution < -0.4 is 11.1 Å². The number of anilines is 1. The molecule has 1 amide bonds. The molecule has 0 aliphatic rings. The second-order valence-corrected chi connectivity index (χ2v) is 5.97. The Balaban J connectivity index is 0.00000225. The van der Waals surface area contributed by atoms with Crippen molar-refractivity contribution in [1.82, 2.24) is 10.2 Å². The molecule has 0 aliphatic heterocycles. The number of thioether (sulfide) groups is 1. The Labute approximate surface area is 109 Å². The summed E-state index contributed by atoms with van der Waals surface area (Å²) in [6.45, 7) is 5.32. The summed E-state index contributed by atoms with van der Waals surface area (Å²) >= 11 is 2.95. The van der Waals surface area contributed by atoms with Gasteiger partial charge in [0.2, 0.25) is 11.0 Å². The van der Waals surface area contributed by atoms with Crippen molar-refractivity contribution in [2.45, 2.75) is 30.6 Å². The number of amides is 1. The largest absolute Gasteiger partial charge is 0.318 e. The van der Waals surface area contributed by atoms with Gasteiger partial charge in [-0.15, -0.1) is 22.6 Å². The lowest BCUT2D eigenvalue weighted by molar-refractivity contribution is -0.120. The van der Waals surface area contributed by atoms with Crippen molar-refractivity contribution in [3.63, 3.8) is 0 Å². The van der Waals surface area contributed by atoms with Crippen molar-refractivity contribution in [2.24, 2.45) is 5.73 Å². The molecule has 0 aliphatic carbocycles. The van der Waals surface area contributed by atoms with E-state index in [2.05, 4.69) is 15.5 Å². The maximum Gasteiger partial charge on any atom is 0.245 e. The van der Waals surface area contributed by atoms with E-state index in [1.807, 2.05) is 6.92 Å². The summed E-state index contributed by atoms with van der Waals surface area (Å²) in [5.74, 6) is 0.678. The molecule has 0 atom stereocenters. The number of nitrogens with one attached hydrogen (secondary N) is 1. The van der Waals surface area contributed by atoms with Gasteiger partial charge < -0.3 is 5.73 Å². The minimum absolute atomic E-state index is 0. The molecular weight excluding hydrogens is 268 g/mol. The van der Waals surface area contributed by atoms with Crippen molar-refractivity contribution in [3.05, 3.63) is 0 Å². The maximum absolute atomic E-state index is 11.5. The van der Waals surface area contributed by atoms with E-state index in [4.69, 9.17) is 5.73 Å². The van der Waals surface area contributed by atoms with Gasteiger partial charge in [-0.2, -0.15) is 0 Å². The number of hydrogen-bond acceptors (Lipinski definition) is 6. The van der Waals surface area contributed by atoms with E-state index >= 15 is 0 Å². The molecule has 0 radical (unpaired) electrons. The number of carbonyl (C=O) groups is 1. The first-order valence-corrected chi connectivity index (χ1v) is 6.30. The van der Waals surface area contributed by atoms with Gasteiger partial charge >= 0.3 is 0 Å². The van der Waals surface area contributed by atoms with Gasteiger partial charge in [0.25, 0.3) is 0 Å². The third kappa shape index (κ3) is 4.65.